The molecule has 1 aromatic heterocycles. The molecule has 2 rings (SSSR count). The Bertz CT molecular complexity index is 772. The second kappa shape index (κ2) is 7.07. The van der Waals surface area contributed by atoms with E-state index >= 15 is 0 Å². The van der Waals surface area contributed by atoms with E-state index in [1.165, 1.54) is 12.1 Å². The number of carbonyl (C=O) groups is 1. The molecule has 0 saturated heterocycles. The van der Waals surface area contributed by atoms with Crippen LogP contribution in [0.15, 0.2) is 41.2 Å². The summed E-state index contributed by atoms with van der Waals surface area (Å²) in [5.41, 5.74) is -0.965. The Kier molecular flexibility index (Phi) is 5.55. The summed E-state index contributed by atoms with van der Waals surface area (Å²) >= 11 is 15.2. The van der Waals surface area contributed by atoms with Crippen LogP contribution in [0.5, 0.6) is 5.75 Å². The number of rotatable bonds is 5. The zero-order chi connectivity index (χ0) is 17.2. The number of pyridine rings is 1. The molecular formula is C16H14BrCl2NO3. The fourth-order valence-corrected chi connectivity index (χ4v) is 3.41. The maximum atomic E-state index is 12.7. The van der Waals surface area contributed by atoms with E-state index in [-0.39, 0.29) is 16.5 Å². The standard InChI is InChI=1S/C16H14BrCl2NO3/c1-16(2,23-10-5-3-9(18)4-6-10)14(22)13(17)11-7-8-12(21)20-15(11)19/h3-8,13H,1-2H3,(H,20,21). The van der Waals surface area contributed by atoms with Gasteiger partial charge in [-0.1, -0.05) is 39.1 Å². The summed E-state index contributed by atoms with van der Waals surface area (Å²) < 4.78 is 5.77. The molecule has 0 radical (unpaired) electrons. The number of ketones is 1. The number of H-pyrrole nitrogens is 1. The highest BCUT2D eigenvalue weighted by Gasteiger charge is 2.36. The van der Waals surface area contributed by atoms with Crippen molar-refractivity contribution >= 4 is 44.9 Å². The van der Waals surface area contributed by atoms with Crippen LogP contribution in [0.2, 0.25) is 10.2 Å². The molecule has 0 aliphatic heterocycles. The molecule has 1 N–H and O–H groups in total. The summed E-state index contributed by atoms with van der Waals surface area (Å²) in [6.45, 7) is 3.33. The Labute approximate surface area is 151 Å². The van der Waals surface area contributed by atoms with E-state index in [0.29, 0.717) is 16.3 Å². The van der Waals surface area contributed by atoms with Gasteiger partial charge in [0.15, 0.2) is 11.4 Å². The lowest BCUT2D eigenvalue weighted by atomic mass is 9.97. The number of ether oxygens (including phenoxy) is 1. The number of benzene rings is 1. The molecule has 2 aromatic rings. The second-order valence-corrected chi connectivity index (χ2v) is 7.12. The molecule has 0 aliphatic carbocycles. The van der Waals surface area contributed by atoms with Crippen molar-refractivity contribution in [2.24, 2.45) is 0 Å². The quantitative estimate of drug-likeness (QED) is 0.572. The third-order valence-electron chi connectivity index (χ3n) is 3.18. The van der Waals surface area contributed by atoms with Gasteiger partial charge in [-0.3, -0.25) is 9.59 Å². The van der Waals surface area contributed by atoms with E-state index < -0.39 is 10.4 Å². The lowest BCUT2D eigenvalue weighted by molar-refractivity contribution is -0.131. The first kappa shape index (κ1) is 18.0. The molecule has 1 aromatic carbocycles. The van der Waals surface area contributed by atoms with Crippen LogP contribution in [-0.2, 0) is 4.79 Å². The van der Waals surface area contributed by atoms with E-state index in [9.17, 15) is 9.59 Å². The highest BCUT2D eigenvalue weighted by molar-refractivity contribution is 9.09. The van der Waals surface area contributed by atoms with Crippen LogP contribution in [0.4, 0.5) is 0 Å². The highest BCUT2D eigenvalue weighted by Crippen LogP contribution is 2.33. The summed E-state index contributed by atoms with van der Waals surface area (Å²) in [5, 5.41) is 0.704. The molecule has 0 amide bonds. The number of alkyl halides is 1. The van der Waals surface area contributed by atoms with Crippen molar-refractivity contribution in [3.05, 3.63) is 62.5 Å². The van der Waals surface area contributed by atoms with Gasteiger partial charge in [0.05, 0.1) is 0 Å². The van der Waals surface area contributed by atoms with E-state index in [1.807, 2.05) is 0 Å². The third kappa shape index (κ3) is 4.37. The molecular weight excluding hydrogens is 405 g/mol. The van der Waals surface area contributed by atoms with Crippen LogP contribution in [-0.4, -0.2) is 16.4 Å². The van der Waals surface area contributed by atoms with Crippen molar-refractivity contribution in [2.75, 3.05) is 0 Å². The van der Waals surface area contributed by atoms with Gasteiger partial charge in [-0.2, -0.15) is 0 Å². The van der Waals surface area contributed by atoms with Crippen molar-refractivity contribution < 1.29 is 9.53 Å². The molecule has 1 atom stereocenters. The van der Waals surface area contributed by atoms with Crippen LogP contribution in [0, 0.1) is 0 Å². The van der Waals surface area contributed by atoms with Gasteiger partial charge < -0.3 is 9.72 Å². The van der Waals surface area contributed by atoms with Crippen molar-refractivity contribution in [1.82, 2.24) is 4.98 Å². The Morgan fingerprint density at radius 2 is 1.78 bits per heavy atom. The van der Waals surface area contributed by atoms with Gasteiger partial charge in [-0.15, -0.1) is 0 Å². The molecule has 0 saturated carbocycles. The minimum absolute atomic E-state index is 0.120. The Morgan fingerprint density at radius 1 is 1.17 bits per heavy atom. The minimum Gasteiger partial charge on any atom is -0.480 e. The predicted octanol–water partition coefficient (Wildman–Crippen LogP) is 4.54. The largest absolute Gasteiger partial charge is 0.480 e. The lowest BCUT2D eigenvalue weighted by Crippen LogP contribution is -2.40. The first-order valence-electron chi connectivity index (χ1n) is 6.72. The average molecular weight is 419 g/mol. The molecule has 7 heteroatoms. The van der Waals surface area contributed by atoms with Crippen molar-refractivity contribution in [3.8, 4) is 5.75 Å². The van der Waals surface area contributed by atoms with Gasteiger partial charge in [0, 0.05) is 16.7 Å². The van der Waals surface area contributed by atoms with Crippen LogP contribution >= 0.6 is 39.1 Å². The van der Waals surface area contributed by atoms with Gasteiger partial charge >= 0.3 is 0 Å². The number of Topliss-reactive ketones (excluding diaryl/α,β-unsaturated/α-hetero) is 1. The number of hydrogen-bond acceptors (Lipinski definition) is 3. The number of halogens is 3. The van der Waals surface area contributed by atoms with Crippen molar-refractivity contribution in [3.63, 3.8) is 0 Å². The maximum absolute atomic E-state index is 12.7. The summed E-state index contributed by atoms with van der Waals surface area (Å²) in [6, 6.07) is 9.57. The Morgan fingerprint density at radius 3 is 2.35 bits per heavy atom. The average Bonchev–Trinajstić information content (AvgIpc) is 2.48. The molecule has 0 bridgehead atoms. The summed E-state index contributed by atoms with van der Waals surface area (Å²) in [6.07, 6.45) is 0. The van der Waals surface area contributed by atoms with Gasteiger partial charge in [-0.05, 0) is 44.2 Å². The first-order valence-corrected chi connectivity index (χ1v) is 8.39. The van der Waals surface area contributed by atoms with E-state index in [4.69, 9.17) is 27.9 Å². The van der Waals surface area contributed by atoms with Crippen molar-refractivity contribution in [1.29, 1.82) is 0 Å². The fourth-order valence-electron chi connectivity index (χ4n) is 1.95. The van der Waals surface area contributed by atoms with E-state index in [2.05, 4.69) is 20.9 Å². The molecule has 0 spiro atoms. The number of aromatic nitrogens is 1. The van der Waals surface area contributed by atoms with Crippen LogP contribution in [0.3, 0.4) is 0 Å². The monoisotopic (exact) mass is 417 g/mol. The van der Waals surface area contributed by atoms with Gasteiger partial charge in [-0.25, -0.2) is 0 Å². The zero-order valence-electron chi connectivity index (χ0n) is 12.4. The number of hydrogen-bond donors (Lipinski definition) is 1. The van der Waals surface area contributed by atoms with Crippen LogP contribution in [0.25, 0.3) is 0 Å². The summed E-state index contributed by atoms with van der Waals surface area (Å²) in [5.74, 6) is 0.293. The van der Waals surface area contributed by atoms with Gasteiger partial charge in [0.2, 0.25) is 5.56 Å². The number of carbonyl (C=O) groups excluding carboxylic acids is 1. The molecule has 0 aliphatic rings. The zero-order valence-corrected chi connectivity index (χ0v) is 15.5. The van der Waals surface area contributed by atoms with Gasteiger partial charge in [0.25, 0.3) is 0 Å². The molecule has 122 valence electrons. The first-order chi connectivity index (χ1) is 10.7. The Balaban J connectivity index is 2.22. The lowest BCUT2D eigenvalue weighted by Gasteiger charge is -2.27. The molecule has 4 nitrogen and oxygen atoms in total. The molecule has 0 fully saturated rings. The maximum Gasteiger partial charge on any atom is 0.249 e. The third-order valence-corrected chi connectivity index (χ3v) is 4.66. The smallest absolute Gasteiger partial charge is 0.249 e. The summed E-state index contributed by atoms with van der Waals surface area (Å²) in [4.78, 5) is 25.7. The van der Waals surface area contributed by atoms with Crippen molar-refractivity contribution in [2.45, 2.75) is 24.3 Å². The molecule has 1 heterocycles. The topological polar surface area (TPSA) is 59.2 Å². The van der Waals surface area contributed by atoms with Crippen LogP contribution in [0.1, 0.15) is 24.2 Å². The van der Waals surface area contributed by atoms with E-state index in [1.54, 1.807) is 38.1 Å². The van der Waals surface area contributed by atoms with Gasteiger partial charge in [0.1, 0.15) is 15.7 Å². The fraction of sp³-hybridized carbons (Fsp3) is 0.250. The SMILES string of the molecule is CC(C)(Oc1ccc(Cl)cc1)C(=O)C(Br)c1ccc(=O)[nH]c1Cl. The summed E-state index contributed by atoms with van der Waals surface area (Å²) in [7, 11) is 0. The minimum atomic E-state index is -1.11. The molecule has 23 heavy (non-hydrogen) atoms. The second-order valence-electron chi connectivity index (χ2n) is 5.39. The normalized spacial score (nSPS) is 12.7. The number of aromatic amines is 1. The van der Waals surface area contributed by atoms with E-state index in [0.717, 1.165) is 0 Å². The number of nitrogens with one attached hydrogen (secondary N) is 1. The van der Waals surface area contributed by atoms with Crippen LogP contribution < -0.4 is 10.3 Å². The highest BCUT2D eigenvalue weighted by atomic mass is 79.9. The predicted molar refractivity (Wildman–Crippen MR) is 94.9 cm³/mol. The molecule has 1 unspecified atom stereocenters. The Hall–Kier alpha value is -1.30.